The van der Waals surface area contributed by atoms with Crippen molar-refractivity contribution in [3.63, 3.8) is 0 Å². The van der Waals surface area contributed by atoms with Gasteiger partial charge < -0.3 is 16.4 Å². The number of nitrogens with two attached hydrogens (primary N) is 1. The number of rotatable bonds is 3. The van der Waals surface area contributed by atoms with Crippen LogP contribution in [-0.2, 0) is 4.79 Å². The Hall–Kier alpha value is -1.88. The van der Waals surface area contributed by atoms with Gasteiger partial charge in [0.2, 0.25) is 5.91 Å². The molecule has 1 aliphatic carbocycles. The van der Waals surface area contributed by atoms with Crippen molar-refractivity contribution in [1.82, 2.24) is 5.32 Å². The lowest BCUT2D eigenvalue weighted by Gasteiger charge is -2.23. The van der Waals surface area contributed by atoms with Crippen LogP contribution >= 0.6 is 0 Å². The van der Waals surface area contributed by atoms with Gasteiger partial charge in [-0.25, -0.2) is 0 Å². The van der Waals surface area contributed by atoms with Crippen LogP contribution in [-0.4, -0.2) is 24.9 Å². The molecule has 5 heteroatoms. The standard InChI is InChI=1S/C16H21N3O2/c1-10-3-2-4-12(13(10)14(17)20)19-15(21)11-9-16(11)5-7-18-8-6-16/h2-4,11,18H,5-9H2,1H3,(H2,17,20)(H,19,21). The number of primary amides is 1. The van der Waals surface area contributed by atoms with Crippen molar-refractivity contribution in [1.29, 1.82) is 0 Å². The van der Waals surface area contributed by atoms with E-state index in [0.29, 0.717) is 11.3 Å². The molecule has 1 saturated carbocycles. The van der Waals surface area contributed by atoms with Crippen LogP contribution in [0.1, 0.15) is 35.2 Å². The summed E-state index contributed by atoms with van der Waals surface area (Å²) in [6, 6.07) is 5.38. The van der Waals surface area contributed by atoms with Crippen LogP contribution in [0.25, 0.3) is 0 Å². The molecule has 2 amide bonds. The first kappa shape index (κ1) is 14.1. The van der Waals surface area contributed by atoms with Crippen LogP contribution in [0.4, 0.5) is 5.69 Å². The molecule has 1 unspecified atom stereocenters. The Bertz CT molecular complexity index is 591. The van der Waals surface area contributed by atoms with Crippen molar-refractivity contribution in [3.05, 3.63) is 29.3 Å². The van der Waals surface area contributed by atoms with Crippen LogP contribution in [0.5, 0.6) is 0 Å². The van der Waals surface area contributed by atoms with Crippen LogP contribution in [0.2, 0.25) is 0 Å². The lowest BCUT2D eigenvalue weighted by atomic mass is 9.91. The third kappa shape index (κ3) is 2.53. The highest BCUT2D eigenvalue weighted by Crippen LogP contribution is 2.58. The smallest absolute Gasteiger partial charge is 0.251 e. The monoisotopic (exact) mass is 287 g/mol. The molecule has 1 aromatic rings. The second kappa shape index (κ2) is 5.15. The first-order chi connectivity index (χ1) is 10.0. The predicted octanol–water partition coefficient (Wildman–Crippen LogP) is 1.42. The SMILES string of the molecule is Cc1cccc(NC(=O)C2CC23CCNCC3)c1C(N)=O. The van der Waals surface area contributed by atoms with Crippen molar-refractivity contribution in [2.45, 2.75) is 26.2 Å². The molecule has 5 nitrogen and oxygen atoms in total. The minimum Gasteiger partial charge on any atom is -0.366 e. The molecule has 2 fully saturated rings. The Morgan fingerprint density at radius 1 is 1.33 bits per heavy atom. The maximum atomic E-state index is 12.5. The van der Waals surface area contributed by atoms with Crippen molar-refractivity contribution in [2.24, 2.45) is 17.1 Å². The first-order valence-corrected chi connectivity index (χ1v) is 7.44. The molecule has 1 saturated heterocycles. The average Bonchev–Trinajstić information content (AvgIpc) is 3.13. The molecule has 4 N–H and O–H groups in total. The van der Waals surface area contributed by atoms with Crippen LogP contribution in [0, 0.1) is 18.3 Å². The summed E-state index contributed by atoms with van der Waals surface area (Å²) in [6.07, 6.45) is 3.07. The lowest BCUT2D eigenvalue weighted by Crippen LogP contribution is -2.32. The second-order valence-electron chi connectivity index (χ2n) is 6.22. The highest BCUT2D eigenvalue weighted by atomic mass is 16.2. The maximum absolute atomic E-state index is 12.5. The van der Waals surface area contributed by atoms with Gasteiger partial charge >= 0.3 is 0 Å². The number of hydrogen-bond donors (Lipinski definition) is 3. The summed E-state index contributed by atoms with van der Waals surface area (Å²) in [5.74, 6) is -0.415. The molecule has 0 aromatic heterocycles. The van der Waals surface area contributed by atoms with Gasteiger partial charge in [0.15, 0.2) is 0 Å². The Morgan fingerprint density at radius 3 is 2.71 bits per heavy atom. The fourth-order valence-corrected chi connectivity index (χ4v) is 3.51. The molecule has 1 heterocycles. The molecule has 3 rings (SSSR count). The van der Waals surface area contributed by atoms with Gasteiger partial charge in [-0.05, 0) is 56.3 Å². The van der Waals surface area contributed by atoms with Crippen LogP contribution < -0.4 is 16.4 Å². The van der Waals surface area contributed by atoms with Gasteiger partial charge in [0.25, 0.3) is 5.91 Å². The van der Waals surface area contributed by atoms with Gasteiger partial charge in [0.05, 0.1) is 11.3 Å². The highest BCUT2D eigenvalue weighted by molar-refractivity contribution is 6.05. The molecule has 1 atom stereocenters. The summed E-state index contributed by atoms with van der Waals surface area (Å²) >= 11 is 0. The summed E-state index contributed by atoms with van der Waals surface area (Å²) in [6.45, 7) is 3.79. The number of carbonyl (C=O) groups is 2. The summed E-state index contributed by atoms with van der Waals surface area (Å²) in [5, 5.41) is 6.23. The highest BCUT2D eigenvalue weighted by Gasteiger charge is 2.57. The zero-order valence-corrected chi connectivity index (χ0v) is 12.2. The van der Waals surface area contributed by atoms with Gasteiger partial charge in [-0.1, -0.05) is 12.1 Å². The van der Waals surface area contributed by atoms with Crippen molar-refractivity contribution >= 4 is 17.5 Å². The number of nitrogens with one attached hydrogen (secondary N) is 2. The number of aryl methyl sites for hydroxylation is 1. The van der Waals surface area contributed by atoms with Crippen LogP contribution in [0.3, 0.4) is 0 Å². The number of anilines is 1. The second-order valence-corrected chi connectivity index (χ2v) is 6.22. The largest absolute Gasteiger partial charge is 0.366 e. The Morgan fingerprint density at radius 2 is 2.05 bits per heavy atom. The zero-order chi connectivity index (χ0) is 15.0. The molecular formula is C16H21N3O2. The van der Waals surface area contributed by atoms with Gasteiger partial charge in [-0.3, -0.25) is 9.59 Å². The van der Waals surface area contributed by atoms with E-state index >= 15 is 0 Å². The Balaban J connectivity index is 1.75. The van der Waals surface area contributed by atoms with E-state index in [9.17, 15) is 9.59 Å². The van der Waals surface area contributed by atoms with Gasteiger partial charge in [0, 0.05) is 5.92 Å². The average molecular weight is 287 g/mol. The van der Waals surface area contributed by atoms with Gasteiger partial charge in [0.1, 0.15) is 0 Å². The van der Waals surface area contributed by atoms with Gasteiger partial charge in [-0.2, -0.15) is 0 Å². The quantitative estimate of drug-likeness (QED) is 0.786. The van der Waals surface area contributed by atoms with Gasteiger partial charge in [-0.15, -0.1) is 0 Å². The Labute approximate surface area is 124 Å². The molecule has 21 heavy (non-hydrogen) atoms. The molecule has 0 bridgehead atoms. The fourth-order valence-electron chi connectivity index (χ4n) is 3.51. The minimum atomic E-state index is -0.504. The zero-order valence-electron chi connectivity index (χ0n) is 12.2. The van der Waals surface area contributed by atoms with Crippen molar-refractivity contribution < 1.29 is 9.59 Å². The number of benzene rings is 1. The van der Waals surface area contributed by atoms with E-state index in [1.807, 2.05) is 19.1 Å². The van der Waals surface area contributed by atoms with E-state index in [0.717, 1.165) is 37.9 Å². The summed E-state index contributed by atoms with van der Waals surface area (Å²) in [5.41, 5.74) is 7.33. The molecule has 112 valence electrons. The molecule has 1 spiro atoms. The summed E-state index contributed by atoms with van der Waals surface area (Å²) < 4.78 is 0. The maximum Gasteiger partial charge on any atom is 0.251 e. The summed E-state index contributed by atoms with van der Waals surface area (Å²) in [7, 11) is 0. The number of amides is 2. The van der Waals surface area contributed by atoms with E-state index in [1.54, 1.807) is 6.07 Å². The Kier molecular flexibility index (Phi) is 3.45. The third-order valence-electron chi connectivity index (χ3n) is 4.88. The first-order valence-electron chi connectivity index (χ1n) is 7.44. The van der Waals surface area contributed by atoms with E-state index < -0.39 is 5.91 Å². The molecule has 1 aliphatic heterocycles. The minimum absolute atomic E-state index is 0.0185. The third-order valence-corrected chi connectivity index (χ3v) is 4.88. The van der Waals surface area contributed by atoms with E-state index in [4.69, 9.17) is 5.73 Å². The number of carbonyl (C=O) groups excluding carboxylic acids is 2. The molecular weight excluding hydrogens is 266 g/mol. The molecule has 2 aliphatic rings. The van der Waals surface area contributed by atoms with E-state index in [2.05, 4.69) is 10.6 Å². The van der Waals surface area contributed by atoms with E-state index in [-0.39, 0.29) is 17.2 Å². The van der Waals surface area contributed by atoms with Crippen molar-refractivity contribution in [3.8, 4) is 0 Å². The lowest BCUT2D eigenvalue weighted by molar-refractivity contribution is -0.118. The molecule has 1 aromatic carbocycles. The topological polar surface area (TPSA) is 84.2 Å². The summed E-state index contributed by atoms with van der Waals surface area (Å²) in [4.78, 5) is 24.0. The van der Waals surface area contributed by atoms with Crippen molar-refractivity contribution in [2.75, 3.05) is 18.4 Å². The number of piperidine rings is 1. The number of hydrogen-bond acceptors (Lipinski definition) is 3. The van der Waals surface area contributed by atoms with Crippen LogP contribution in [0.15, 0.2) is 18.2 Å². The normalized spacial score (nSPS) is 22.8. The predicted molar refractivity (Wildman–Crippen MR) is 81.0 cm³/mol. The fraction of sp³-hybridized carbons (Fsp3) is 0.500. The van der Waals surface area contributed by atoms with E-state index in [1.165, 1.54) is 0 Å². The molecule has 0 radical (unpaired) electrons.